The van der Waals surface area contributed by atoms with Gasteiger partial charge in [0, 0.05) is 23.6 Å². The molecule has 2 atom stereocenters. The zero-order valence-electron chi connectivity index (χ0n) is 18.4. The molecule has 33 heavy (non-hydrogen) atoms. The Bertz CT molecular complexity index is 1320. The third-order valence-electron chi connectivity index (χ3n) is 5.52. The van der Waals surface area contributed by atoms with Gasteiger partial charge in [0.05, 0.1) is 6.10 Å². The van der Waals surface area contributed by atoms with Crippen LogP contribution >= 0.6 is 0 Å². The molecule has 0 radical (unpaired) electrons. The van der Waals surface area contributed by atoms with Gasteiger partial charge < -0.3 is 19.6 Å². The number of aliphatic hydroxyl groups is 1. The van der Waals surface area contributed by atoms with Crippen LogP contribution in [0, 0.1) is 6.92 Å². The van der Waals surface area contributed by atoms with Gasteiger partial charge in [0.1, 0.15) is 11.3 Å². The number of aliphatic hydroxyl groups excluding tert-OH is 1. The molecule has 0 aliphatic rings. The molecule has 4 rings (SSSR count). The van der Waals surface area contributed by atoms with Crippen molar-refractivity contribution in [1.29, 1.82) is 0 Å². The van der Waals surface area contributed by atoms with Crippen LogP contribution in [0.4, 0.5) is 0 Å². The van der Waals surface area contributed by atoms with Crippen molar-refractivity contribution < 1.29 is 19.1 Å². The van der Waals surface area contributed by atoms with Gasteiger partial charge >= 0.3 is 5.63 Å². The normalized spacial score (nSPS) is 12.8. The second kappa shape index (κ2) is 9.71. The molecule has 3 aromatic carbocycles. The number of carbonyl (C=O) groups is 1. The van der Waals surface area contributed by atoms with E-state index in [1.54, 1.807) is 32.0 Å². The van der Waals surface area contributed by atoms with Crippen LogP contribution in [0.5, 0.6) is 5.75 Å². The summed E-state index contributed by atoms with van der Waals surface area (Å²) >= 11 is 0. The highest BCUT2D eigenvalue weighted by atomic mass is 16.5. The first-order valence-corrected chi connectivity index (χ1v) is 10.7. The lowest BCUT2D eigenvalue weighted by atomic mass is 10.00. The highest BCUT2D eigenvalue weighted by Crippen LogP contribution is 2.33. The van der Waals surface area contributed by atoms with E-state index in [1.165, 1.54) is 6.07 Å². The summed E-state index contributed by atoms with van der Waals surface area (Å²) in [5.74, 6) is 0.0890. The van der Waals surface area contributed by atoms with E-state index in [0.717, 1.165) is 22.1 Å². The molecule has 0 saturated carbocycles. The molecule has 2 N–H and O–H groups in total. The van der Waals surface area contributed by atoms with E-state index in [0.29, 0.717) is 16.9 Å². The Morgan fingerprint density at radius 1 is 1.03 bits per heavy atom. The molecule has 0 fully saturated rings. The van der Waals surface area contributed by atoms with Gasteiger partial charge in [-0.1, -0.05) is 60.7 Å². The molecule has 0 aliphatic carbocycles. The first kappa shape index (κ1) is 22.3. The Labute approximate surface area is 191 Å². The Balaban J connectivity index is 1.52. The largest absolute Gasteiger partial charge is 0.480 e. The van der Waals surface area contributed by atoms with Crippen LogP contribution in [0.2, 0.25) is 0 Å². The standard InChI is InChI=1S/C27H25NO5/c1-17-24(32-18(2)27(31)28-16-23(29)20-11-7-4-8-12-20)14-13-21-22(15-25(30)33-26(17)21)19-9-5-3-6-10-19/h3-15,18,23,29H,16H2,1-2H3,(H,28,31)/t18-,23+/m0/s1. The number of nitrogens with one attached hydrogen (secondary N) is 1. The van der Waals surface area contributed by atoms with Gasteiger partial charge in [-0.15, -0.1) is 0 Å². The van der Waals surface area contributed by atoms with Crippen molar-refractivity contribution >= 4 is 16.9 Å². The second-order valence-electron chi connectivity index (χ2n) is 7.84. The summed E-state index contributed by atoms with van der Waals surface area (Å²) in [6.45, 7) is 3.49. The Hall–Kier alpha value is -3.90. The van der Waals surface area contributed by atoms with E-state index >= 15 is 0 Å². The molecule has 0 aliphatic heterocycles. The number of carbonyl (C=O) groups excluding carboxylic acids is 1. The highest BCUT2D eigenvalue weighted by molar-refractivity contribution is 5.95. The zero-order valence-corrected chi connectivity index (χ0v) is 18.4. The molecule has 1 heterocycles. The van der Waals surface area contributed by atoms with Gasteiger partial charge in [-0.05, 0) is 42.7 Å². The summed E-state index contributed by atoms with van der Waals surface area (Å²) < 4.78 is 11.4. The van der Waals surface area contributed by atoms with Gasteiger partial charge in [-0.25, -0.2) is 4.79 Å². The average molecular weight is 443 g/mol. The average Bonchev–Trinajstić information content (AvgIpc) is 2.84. The highest BCUT2D eigenvalue weighted by Gasteiger charge is 2.19. The van der Waals surface area contributed by atoms with E-state index in [2.05, 4.69) is 5.32 Å². The van der Waals surface area contributed by atoms with Gasteiger partial charge in [-0.2, -0.15) is 0 Å². The number of hydrogen-bond acceptors (Lipinski definition) is 5. The van der Waals surface area contributed by atoms with Crippen LogP contribution in [0.1, 0.15) is 24.2 Å². The van der Waals surface area contributed by atoms with Crippen LogP contribution in [-0.4, -0.2) is 23.7 Å². The lowest BCUT2D eigenvalue weighted by molar-refractivity contribution is -0.127. The van der Waals surface area contributed by atoms with Crippen molar-refractivity contribution in [2.24, 2.45) is 0 Å². The summed E-state index contributed by atoms with van der Waals surface area (Å²) in [6.07, 6.45) is -1.62. The third-order valence-corrected chi connectivity index (χ3v) is 5.52. The Morgan fingerprint density at radius 3 is 2.39 bits per heavy atom. The fourth-order valence-electron chi connectivity index (χ4n) is 3.71. The van der Waals surface area contributed by atoms with E-state index in [9.17, 15) is 14.7 Å². The van der Waals surface area contributed by atoms with Crippen LogP contribution in [0.3, 0.4) is 0 Å². The third kappa shape index (κ3) is 4.96. The number of benzene rings is 3. The molecular weight excluding hydrogens is 418 g/mol. The van der Waals surface area contributed by atoms with Gasteiger partial charge in [0.25, 0.3) is 5.91 Å². The van der Waals surface area contributed by atoms with E-state index < -0.39 is 17.8 Å². The van der Waals surface area contributed by atoms with Crippen LogP contribution in [0.25, 0.3) is 22.1 Å². The summed E-state index contributed by atoms with van der Waals surface area (Å²) in [4.78, 5) is 24.8. The number of aryl methyl sites for hydroxylation is 1. The van der Waals surface area contributed by atoms with E-state index in [1.807, 2.05) is 54.6 Å². The Kier molecular flexibility index (Phi) is 6.56. The van der Waals surface area contributed by atoms with Crippen molar-refractivity contribution in [3.63, 3.8) is 0 Å². The van der Waals surface area contributed by atoms with Crippen LogP contribution in [0.15, 0.2) is 88.1 Å². The predicted octanol–water partition coefficient (Wildman–Crippen LogP) is 4.39. The maximum atomic E-state index is 12.5. The lowest BCUT2D eigenvalue weighted by Gasteiger charge is -2.18. The fraction of sp³-hybridized carbons (Fsp3) is 0.185. The maximum Gasteiger partial charge on any atom is 0.336 e. The summed E-state index contributed by atoms with van der Waals surface area (Å²) in [5.41, 5.74) is 3.01. The number of rotatable bonds is 7. The molecule has 1 amide bonds. The summed E-state index contributed by atoms with van der Waals surface area (Å²) in [5, 5.41) is 13.7. The van der Waals surface area contributed by atoms with Crippen molar-refractivity contribution in [1.82, 2.24) is 5.32 Å². The maximum absolute atomic E-state index is 12.5. The molecule has 0 spiro atoms. The molecule has 0 saturated heterocycles. The van der Waals surface area contributed by atoms with Crippen molar-refractivity contribution in [3.8, 4) is 16.9 Å². The minimum absolute atomic E-state index is 0.0720. The van der Waals surface area contributed by atoms with Gasteiger partial charge in [0.2, 0.25) is 0 Å². The molecule has 4 aromatic rings. The quantitative estimate of drug-likeness (QED) is 0.414. The van der Waals surface area contributed by atoms with Crippen molar-refractivity contribution in [2.75, 3.05) is 6.54 Å². The zero-order chi connectivity index (χ0) is 23.4. The molecule has 6 nitrogen and oxygen atoms in total. The minimum atomic E-state index is -0.812. The van der Waals surface area contributed by atoms with Crippen molar-refractivity contribution in [2.45, 2.75) is 26.1 Å². The molecule has 1 aromatic heterocycles. The number of hydrogen-bond donors (Lipinski definition) is 2. The first-order valence-electron chi connectivity index (χ1n) is 10.7. The van der Waals surface area contributed by atoms with Gasteiger partial charge in [0.15, 0.2) is 6.10 Å². The lowest BCUT2D eigenvalue weighted by Crippen LogP contribution is -2.38. The first-order chi connectivity index (χ1) is 15.9. The SMILES string of the molecule is Cc1c(O[C@@H](C)C(=O)NC[C@@H](O)c2ccccc2)ccc2c(-c3ccccc3)cc(=O)oc12. The number of fused-ring (bicyclic) bond motifs is 1. The van der Waals surface area contributed by atoms with E-state index in [-0.39, 0.29) is 12.5 Å². The molecule has 168 valence electrons. The second-order valence-corrected chi connectivity index (χ2v) is 7.84. The predicted molar refractivity (Wildman–Crippen MR) is 127 cm³/mol. The fourth-order valence-corrected chi connectivity index (χ4v) is 3.71. The number of ether oxygens (including phenoxy) is 1. The molecule has 0 bridgehead atoms. The number of amides is 1. The Morgan fingerprint density at radius 2 is 1.70 bits per heavy atom. The van der Waals surface area contributed by atoms with Crippen molar-refractivity contribution in [3.05, 3.63) is 100 Å². The minimum Gasteiger partial charge on any atom is -0.480 e. The molecule has 0 unspecified atom stereocenters. The topological polar surface area (TPSA) is 88.8 Å². The molecular formula is C27H25NO5. The van der Waals surface area contributed by atoms with Crippen LogP contribution < -0.4 is 15.7 Å². The smallest absolute Gasteiger partial charge is 0.336 e. The monoisotopic (exact) mass is 443 g/mol. The summed E-state index contributed by atoms with van der Waals surface area (Å²) in [6, 6.07) is 23.8. The molecule has 6 heteroatoms. The summed E-state index contributed by atoms with van der Waals surface area (Å²) in [7, 11) is 0. The van der Waals surface area contributed by atoms with Crippen LogP contribution in [-0.2, 0) is 4.79 Å². The van der Waals surface area contributed by atoms with Gasteiger partial charge in [-0.3, -0.25) is 4.79 Å². The van der Waals surface area contributed by atoms with E-state index in [4.69, 9.17) is 9.15 Å².